The van der Waals surface area contributed by atoms with Crippen molar-refractivity contribution in [1.82, 2.24) is 0 Å². The van der Waals surface area contributed by atoms with E-state index >= 15 is 0 Å². The molecule has 2 aliphatic heterocycles. The molecule has 2 unspecified atom stereocenters. The van der Waals surface area contributed by atoms with Crippen molar-refractivity contribution in [3.63, 3.8) is 0 Å². The molecule has 2 aromatic rings. The van der Waals surface area contributed by atoms with E-state index in [-0.39, 0.29) is 19.0 Å². The summed E-state index contributed by atoms with van der Waals surface area (Å²) in [6.07, 6.45) is -0.750. The van der Waals surface area contributed by atoms with E-state index in [2.05, 4.69) is 0 Å². The van der Waals surface area contributed by atoms with Gasteiger partial charge in [0.05, 0.1) is 29.7 Å². The summed E-state index contributed by atoms with van der Waals surface area (Å²) in [7, 11) is 0. The quantitative estimate of drug-likeness (QED) is 0.808. The number of aliphatic carboxylic acids is 1. The second-order valence-electron chi connectivity index (χ2n) is 7.79. The second-order valence-corrected chi connectivity index (χ2v) is 7.79. The first-order chi connectivity index (χ1) is 13.2. The van der Waals surface area contributed by atoms with Crippen LogP contribution in [0.3, 0.4) is 0 Å². The molecule has 0 N–H and O–H groups in total. The molecule has 0 amide bonds. The molecule has 6 heteroatoms. The standard InChI is InChI=1S/C22H22O6/c1-21(2)27-12-18(28-21)22(3,20(24)25)14-8-9-17-16(10-14)19(23)15-7-5-4-6-13(15)11-26-17/h4-10,18H,11-12H2,1-3H3,(H,24,25)/p-1. The molecule has 2 heterocycles. The Morgan fingerprint density at radius 1 is 1.18 bits per heavy atom. The van der Waals surface area contributed by atoms with Crippen molar-refractivity contribution in [2.45, 2.75) is 44.7 Å². The van der Waals surface area contributed by atoms with Gasteiger partial charge in [0, 0.05) is 11.1 Å². The van der Waals surface area contributed by atoms with Crippen molar-refractivity contribution in [3.8, 4) is 5.75 Å². The van der Waals surface area contributed by atoms with Gasteiger partial charge in [-0.05, 0) is 38.5 Å². The van der Waals surface area contributed by atoms with Crippen LogP contribution in [0.15, 0.2) is 42.5 Å². The van der Waals surface area contributed by atoms with Gasteiger partial charge in [0.2, 0.25) is 0 Å². The SMILES string of the molecule is CC1(C)OCC(C(C)(C(=O)[O-])c2ccc3c(c2)C(=O)c2ccccc2CO3)O1. The van der Waals surface area contributed by atoms with Crippen LogP contribution in [0.5, 0.6) is 5.75 Å². The van der Waals surface area contributed by atoms with Crippen LogP contribution in [0.4, 0.5) is 0 Å². The number of hydrogen-bond donors (Lipinski definition) is 0. The maximum atomic E-state index is 13.1. The summed E-state index contributed by atoms with van der Waals surface area (Å²) in [6, 6.07) is 12.1. The van der Waals surface area contributed by atoms with Crippen molar-refractivity contribution in [3.05, 3.63) is 64.7 Å². The highest BCUT2D eigenvalue weighted by molar-refractivity contribution is 6.12. The predicted octanol–water partition coefficient (Wildman–Crippen LogP) is 1.97. The molecule has 4 rings (SSSR count). The summed E-state index contributed by atoms with van der Waals surface area (Å²) >= 11 is 0. The minimum atomic E-state index is -1.49. The molecule has 2 atom stereocenters. The zero-order chi connectivity index (χ0) is 20.1. The molecule has 0 aromatic heterocycles. The minimum absolute atomic E-state index is 0.113. The van der Waals surface area contributed by atoms with E-state index in [0.717, 1.165) is 5.56 Å². The van der Waals surface area contributed by atoms with Crippen molar-refractivity contribution in [2.24, 2.45) is 0 Å². The molecule has 146 valence electrons. The number of ketones is 1. The molecule has 1 saturated heterocycles. The number of carbonyl (C=O) groups is 2. The molecule has 0 aliphatic carbocycles. The van der Waals surface area contributed by atoms with Gasteiger partial charge in [-0.1, -0.05) is 30.3 Å². The molecular weight excluding hydrogens is 360 g/mol. The lowest BCUT2D eigenvalue weighted by Crippen LogP contribution is -2.53. The number of fused-ring (bicyclic) bond motifs is 2. The smallest absolute Gasteiger partial charge is 0.197 e. The fourth-order valence-electron chi connectivity index (χ4n) is 3.73. The van der Waals surface area contributed by atoms with E-state index < -0.39 is 23.3 Å². The average molecular weight is 381 g/mol. The van der Waals surface area contributed by atoms with Crippen molar-refractivity contribution in [1.29, 1.82) is 0 Å². The highest BCUT2D eigenvalue weighted by atomic mass is 16.7. The third kappa shape index (κ3) is 2.89. The molecule has 28 heavy (non-hydrogen) atoms. The Balaban J connectivity index is 1.80. The summed E-state index contributed by atoms with van der Waals surface area (Å²) in [5, 5.41) is 12.2. The number of carboxylic acid groups (broad SMARTS) is 1. The van der Waals surface area contributed by atoms with Crippen molar-refractivity contribution >= 4 is 11.8 Å². The number of benzene rings is 2. The van der Waals surface area contributed by atoms with Gasteiger partial charge in [-0.3, -0.25) is 4.79 Å². The summed E-state index contributed by atoms with van der Waals surface area (Å²) in [5.74, 6) is -1.95. The van der Waals surface area contributed by atoms with Crippen LogP contribution >= 0.6 is 0 Å². The Hall–Kier alpha value is -2.70. The molecule has 0 spiro atoms. The monoisotopic (exact) mass is 381 g/mol. The van der Waals surface area contributed by atoms with Crippen LogP contribution in [0.2, 0.25) is 0 Å². The van der Waals surface area contributed by atoms with E-state index in [1.165, 1.54) is 6.92 Å². The maximum absolute atomic E-state index is 13.1. The van der Waals surface area contributed by atoms with Crippen LogP contribution in [0.25, 0.3) is 0 Å². The van der Waals surface area contributed by atoms with E-state index in [1.807, 2.05) is 12.1 Å². The third-order valence-electron chi connectivity index (χ3n) is 5.55. The Morgan fingerprint density at radius 3 is 2.61 bits per heavy atom. The molecule has 1 fully saturated rings. The van der Waals surface area contributed by atoms with Gasteiger partial charge >= 0.3 is 0 Å². The van der Waals surface area contributed by atoms with Gasteiger partial charge in [-0.2, -0.15) is 0 Å². The lowest BCUT2D eigenvalue weighted by molar-refractivity contribution is -0.317. The van der Waals surface area contributed by atoms with Crippen LogP contribution in [0, 0.1) is 0 Å². The number of rotatable bonds is 3. The van der Waals surface area contributed by atoms with Gasteiger partial charge in [-0.15, -0.1) is 0 Å². The van der Waals surface area contributed by atoms with E-state index in [1.54, 1.807) is 44.2 Å². The Labute approximate surface area is 163 Å². The molecular formula is C22H21O6-. The molecule has 2 aliphatic rings. The molecule has 6 nitrogen and oxygen atoms in total. The Morgan fingerprint density at radius 2 is 1.93 bits per heavy atom. The largest absolute Gasteiger partial charge is 0.549 e. The van der Waals surface area contributed by atoms with Crippen LogP contribution in [-0.4, -0.2) is 30.3 Å². The minimum Gasteiger partial charge on any atom is -0.549 e. The predicted molar refractivity (Wildman–Crippen MR) is 97.9 cm³/mol. The third-order valence-corrected chi connectivity index (χ3v) is 5.55. The topological polar surface area (TPSA) is 84.9 Å². The first-order valence-corrected chi connectivity index (χ1v) is 9.15. The summed E-state index contributed by atoms with van der Waals surface area (Å²) in [4.78, 5) is 25.3. The first kappa shape index (κ1) is 18.7. The van der Waals surface area contributed by atoms with Gasteiger partial charge in [0.15, 0.2) is 11.6 Å². The number of carboxylic acids is 1. The molecule has 0 radical (unpaired) electrons. The Bertz CT molecular complexity index is 963. The zero-order valence-electron chi connectivity index (χ0n) is 16.0. The van der Waals surface area contributed by atoms with Crippen LogP contribution < -0.4 is 9.84 Å². The van der Waals surface area contributed by atoms with Gasteiger partial charge in [-0.25, -0.2) is 0 Å². The summed E-state index contributed by atoms with van der Waals surface area (Å²) < 4.78 is 17.2. The highest BCUT2D eigenvalue weighted by Crippen LogP contribution is 2.39. The van der Waals surface area contributed by atoms with E-state index in [4.69, 9.17) is 14.2 Å². The lowest BCUT2D eigenvalue weighted by atomic mass is 9.76. The highest BCUT2D eigenvalue weighted by Gasteiger charge is 2.46. The maximum Gasteiger partial charge on any atom is 0.197 e. The summed E-state index contributed by atoms with van der Waals surface area (Å²) in [6.45, 7) is 5.39. The van der Waals surface area contributed by atoms with Gasteiger partial charge < -0.3 is 24.1 Å². The first-order valence-electron chi connectivity index (χ1n) is 9.15. The molecule has 2 aromatic carbocycles. The second kappa shape index (κ2) is 6.43. The lowest BCUT2D eigenvalue weighted by Gasteiger charge is -2.36. The van der Waals surface area contributed by atoms with Crippen molar-refractivity contribution < 1.29 is 28.9 Å². The van der Waals surface area contributed by atoms with Crippen LogP contribution in [0.1, 0.15) is 47.8 Å². The summed E-state index contributed by atoms with van der Waals surface area (Å²) in [5.41, 5.74) is 0.592. The van der Waals surface area contributed by atoms with Crippen molar-refractivity contribution in [2.75, 3.05) is 6.61 Å². The van der Waals surface area contributed by atoms with E-state index in [0.29, 0.717) is 22.4 Å². The average Bonchev–Trinajstić information content (AvgIpc) is 2.98. The van der Waals surface area contributed by atoms with Crippen LogP contribution in [-0.2, 0) is 26.3 Å². The number of carbonyl (C=O) groups excluding carboxylic acids is 2. The molecule has 0 bridgehead atoms. The fraction of sp³-hybridized carbons (Fsp3) is 0.364. The van der Waals surface area contributed by atoms with E-state index in [9.17, 15) is 14.7 Å². The van der Waals surface area contributed by atoms with Gasteiger partial charge in [0.25, 0.3) is 0 Å². The number of ether oxygens (including phenoxy) is 3. The fourth-order valence-corrected chi connectivity index (χ4v) is 3.73. The number of hydrogen-bond acceptors (Lipinski definition) is 6. The van der Waals surface area contributed by atoms with Gasteiger partial charge in [0.1, 0.15) is 12.4 Å². The Kier molecular flexibility index (Phi) is 4.28. The normalized spacial score (nSPS) is 22.4. The molecule has 0 saturated carbocycles. The zero-order valence-corrected chi connectivity index (χ0v) is 16.0.